The van der Waals surface area contributed by atoms with Gasteiger partial charge in [-0.2, -0.15) is 0 Å². The second-order valence-electron chi connectivity index (χ2n) is 10.9. The Morgan fingerprint density at radius 3 is 2.21 bits per heavy atom. The summed E-state index contributed by atoms with van der Waals surface area (Å²) < 4.78 is 55.5. The van der Waals surface area contributed by atoms with E-state index in [0.717, 1.165) is 57.1 Å². The SMILES string of the molecule is O=S(=O)(NCC1CCC(CNC2CCc3cc(F)ccc3C2Cc2ccccc2)CC1)c1ccccc1F. The smallest absolute Gasteiger partial charge is 0.243 e. The first-order valence-corrected chi connectivity index (χ1v) is 15.2. The fourth-order valence-corrected chi connectivity index (χ4v) is 7.36. The van der Waals surface area contributed by atoms with Crippen LogP contribution in [-0.2, 0) is 22.9 Å². The van der Waals surface area contributed by atoms with Crippen molar-refractivity contribution in [2.24, 2.45) is 11.8 Å². The molecule has 38 heavy (non-hydrogen) atoms. The zero-order valence-electron chi connectivity index (χ0n) is 21.6. The lowest BCUT2D eigenvalue weighted by Gasteiger charge is -2.36. The van der Waals surface area contributed by atoms with E-state index in [1.165, 1.54) is 35.4 Å². The standard InChI is InChI=1S/C31H36F2N2O2S/c32-26-15-16-27-25(19-26)14-17-30(28(27)18-22-6-2-1-3-7-22)34-20-23-10-12-24(13-11-23)21-35-38(36,37)31-9-5-4-8-29(31)33/h1-9,15-16,19,23-24,28,30,34-35H,10-14,17-18,20-21H2. The van der Waals surface area contributed by atoms with E-state index in [9.17, 15) is 17.2 Å². The van der Waals surface area contributed by atoms with Gasteiger partial charge in [-0.25, -0.2) is 21.9 Å². The van der Waals surface area contributed by atoms with Crippen LogP contribution >= 0.6 is 0 Å². The van der Waals surface area contributed by atoms with E-state index in [0.29, 0.717) is 24.4 Å². The molecule has 0 saturated heterocycles. The highest BCUT2D eigenvalue weighted by Gasteiger charge is 2.31. The monoisotopic (exact) mass is 538 g/mol. The zero-order valence-corrected chi connectivity index (χ0v) is 22.4. The van der Waals surface area contributed by atoms with Gasteiger partial charge in [0, 0.05) is 18.5 Å². The van der Waals surface area contributed by atoms with E-state index >= 15 is 0 Å². The van der Waals surface area contributed by atoms with Crippen LogP contribution in [-0.4, -0.2) is 27.5 Å². The normalized spacial score (nSPS) is 23.6. The number of hydrogen-bond acceptors (Lipinski definition) is 3. The van der Waals surface area contributed by atoms with Crippen molar-refractivity contribution in [1.82, 2.24) is 10.0 Å². The number of nitrogens with one attached hydrogen (secondary N) is 2. The van der Waals surface area contributed by atoms with Crippen LogP contribution in [0.4, 0.5) is 8.78 Å². The van der Waals surface area contributed by atoms with Gasteiger partial charge in [0.05, 0.1) is 0 Å². The van der Waals surface area contributed by atoms with Crippen molar-refractivity contribution in [2.75, 3.05) is 13.1 Å². The summed E-state index contributed by atoms with van der Waals surface area (Å²) in [6, 6.07) is 21.6. The highest BCUT2D eigenvalue weighted by molar-refractivity contribution is 7.89. The summed E-state index contributed by atoms with van der Waals surface area (Å²) in [4.78, 5) is -0.292. The number of fused-ring (bicyclic) bond motifs is 1. The molecule has 7 heteroatoms. The van der Waals surface area contributed by atoms with Gasteiger partial charge in [0.15, 0.2) is 0 Å². The van der Waals surface area contributed by atoms with Crippen molar-refractivity contribution in [3.63, 3.8) is 0 Å². The molecule has 3 aromatic carbocycles. The number of aryl methyl sites for hydroxylation is 1. The molecule has 0 radical (unpaired) electrons. The van der Waals surface area contributed by atoms with Crippen LogP contribution in [0, 0.1) is 23.5 Å². The highest BCUT2D eigenvalue weighted by Crippen LogP contribution is 2.36. The molecule has 1 fully saturated rings. The maximum atomic E-state index is 13.9. The zero-order chi connectivity index (χ0) is 26.5. The van der Waals surface area contributed by atoms with Crippen LogP contribution in [0.2, 0.25) is 0 Å². The van der Waals surface area contributed by atoms with Gasteiger partial charge in [-0.1, -0.05) is 48.5 Å². The van der Waals surface area contributed by atoms with Crippen LogP contribution < -0.4 is 10.0 Å². The Morgan fingerprint density at radius 1 is 0.789 bits per heavy atom. The lowest BCUT2D eigenvalue weighted by molar-refractivity contribution is 0.252. The Bertz CT molecular complexity index is 1320. The van der Waals surface area contributed by atoms with E-state index in [1.807, 2.05) is 12.1 Å². The summed E-state index contributed by atoms with van der Waals surface area (Å²) in [5, 5.41) is 3.87. The maximum Gasteiger partial charge on any atom is 0.243 e. The molecule has 0 amide bonds. The van der Waals surface area contributed by atoms with E-state index in [1.54, 1.807) is 12.1 Å². The Kier molecular flexibility index (Phi) is 8.56. The molecule has 1 saturated carbocycles. The summed E-state index contributed by atoms with van der Waals surface area (Å²) in [5.74, 6) is 0.208. The van der Waals surface area contributed by atoms with Gasteiger partial charge in [0.1, 0.15) is 16.5 Å². The third-order valence-corrected chi connectivity index (χ3v) is 9.79. The summed E-state index contributed by atoms with van der Waals surface area (Å²) in [6.45, 7) is 1.27. The van der Waals surface area contributed by atoms with Crippen molar-refractivity contribution >= 4 is 10.0 Å². The molecule has 4 nitrogen and oxygen atoms in total. The van der Waals surface area contributed by atoms with Crippen LogP contribution in [0.3, 0.4) is 0 Å². The van der Waals surface area contributed by atoms with Gasteiger partial charge >= 0.3 is 0 Å². The molecule has 5 rings (SSSR count). The highest BCUT2D eigenvalue weighted by atomic mass is 32.2. The number of benzene rings is 3. The Morgan fingerprint density at radius 2 is 1.47 bits per heavy atom. The summed E-state index contributed by atoms with van der Waals surface area (Å²) >= 11 is 0. The molecular formula is C31H36F2N2O2S. The topological polar surface area (TPSA) is 58.2 Å². The molecule has 2 aliphatic rings. The van der Waals surface area contributed by atoms with Crippen molar-refractivity contribution < 1.29 is 17.2 Å². The van der Waals surface area contributed by atoms with Gasteiger partial charge in [0.2, 0.25) is 10.0 Å². The average molecular weight is 539 g/mol. The van der Waals surface area contributed by atoms with Crippen molar-refractivity contribution in [3.8, 4) is 0 Å². The summed E-state index contributed by atoms with van der Waals surface area (Å²) in [7, 11) is -3.85. The van der Waals surface area contributed by atoms with Gasteiger partial charge in [-0.3, -0.25) is 0 Å². The minimum Gasteiger partial charge on any atom is -0.313 e. The fraction of sp³-hybridized carbons (Fsp3) is 0.419. The largest absolute Gasteiger partial charge is 0.313 e. The molecule has 0 aromatic heterocycles. The lowest BCUT2D eigenvalue weighted by Crippen LogP contribution is -2.42. The van der Waals surface area contributed by atoms with Gasteiger partial charge in [-0.05, 0) is 104 Å². The van der Waals surface area contributed by atoms with E-state index in [-0.39, 0.29) is 16.6 Å². The summed E-state index contributed by atoms with van der Waals surface area (Å²) in [5.41, 5.74) is 3.67. The minimum atomic E-state index is -3.85. The third-order valence-electron chi connectivity index (χ3n) is 8.34. The van der Waals surface area contributed by atoms with Gasteiger partial charge in [-0.15, -0.1) is 0 Å². The van der Waals surface area contributed by atoms with Crippen LogP contribution in [0.25, 0.3) is 0 Å². The quantitative estimate of drug-likeness (QED) is 0.352. The molecule has 0 heterocycles. The number of halogens is 2. The number of rotatable bonds is 9. The Labute approximate surface area is 224 Å². The first-order valence-electron chi connectivity index (χ1n) is 13.7. The first-order chi connectivity index (χ1) is 18.4. The Balaban J connectivity index is 1.15. The average Bonchev–Trinajstić information content (AvgIpc) is 2.92. The predicted molar refractivity (Wildman–Crippen MR) is 146 cm³/mol. The number of sulfonamides is 1. The molecule has 2 N–H and O–H groups in total. The van der Waals surface area contributed by atoms with Crippen molar-refractivity contribution in [1.29, 1.82) is 0 Å². The second kappa shape index (κ2) is 12.1. The fourth-order valence-electron chi connectivity index (χ4n) is 6.17. The lowest BCUT2D eigenvalue weighted by atomic mass is 9.75. The van der Waals surface area contributed by atoms with Crippen LogP contribution in [0.15, 0.2) is 77.7 Å². The third kappa shape index (κ3) is 6.50. The van der Waals surface area contributed by atoms with Crippen LogP contribution in [0.5, 0.6) is 0 Å². The molecule has 2 aliphatic carbocycles. The van der Waals surface area contributed by atoms with E-state index in [2.05, 4.69) is 34.3 Å². The molecular weight excluding hydrogens is 502 g/mol. The Hall–Kier alpha value is -2.61. The maximum absolute atomic E-state index is 13.9. The first kappa shape index (κ1) is 27.0. The minimum absolute atomic E-state index is 0.165. The van der Waals surface area contributed by atoms with Crippen molar-refractivity contribution in [3.05, 3.63) is 101 Å². The molecule has 0 spiro atoms. The second-order valence-corrected chi connectivity index (χ2v) is 12.6. The molecule has 2 atom stereocenters. The molecule has 0 bridgehead atoms. The van der Waals surface area contributed by atoms with E-state index < -0.39 is 15.8 Å². The van der Waals surface area contributed by atoms with E-state index in [4.69, 9.17) is 0 Å². The molecule has 202 valence electrons. The molecule has 2 unspecified atom stereocenters. The predicted octanol–water partition coefficient (Wildman–Crippen LogP) is 5.98. The van der Waals surface area contributed by atoms with Crippen LogP contribution in [0.1, 0.15) is 54.7 Å². The summed E-state index contributed by atoms with van der Waals surface area (Å²) in [6.07, 6.45) is 6.77. The van der Waals surface area contributed by atoms with Gasteiger partial charge in [0.25, 0.3) is 0 Å². The molecule has 3 aromatic rings. The molecule has 0 aliphatic heterocycles. The van der Waals surface area contributed by atoms with Crippen molar-refractivity contribution in [2.45, 2.75) is 61.8 Å². The van der Waals surface area contributed by atoms with Gasteiger partial charge < -0.3 is 5.32 Å². The number of hydrogen-bond donors (Lipinski definition) is 2.